The molecule has 0 radical (unpaired) electrons. The molecule has 1 aromatic carbocycles. The largest absolute Gasteiger partial charge is 0.465 e. The van der Waals surface area contributed by atoms with Gasteiger partial charge in [0.2, 0.25) is 10.0 Å². The van der Waals surface area contributed by atoms with Crippen LogP contribution < -0.4 is 0 Å². The van der Waals surface area contributed by atoms with E-state index >= 15 is 0 Å². The summed E-state index contributed by atoms with van der Waals surface area (Å²) in [6.07, 6.45) is 1.79. The zero-order chi connectivity index (χ0) is 18.9. The first-order valence-corrected chi connectivity index (χ1v) is 9.42. The van der Waals surface area contributed by atoms with Crippen molar-refractivity contribution in [3.05, 3.63) is 48.2 Å². The number of carbonyl (C=O) groups excluding carboxylic acids is 1. The van der Waals surface area contributed by atoms with Crippen LogP contribution in [0.3, 0.4) is 0 Å². The van der Waals surface area contributed by atoms with Crippen LogP contribution in [0.2, 0.25) is 0 Å². The van der Waals surface area contributed by atoms with Gasteiger partial charge in [-0.3, -0.25) is 0 Å². The number of methoxy groups -OCH3 is 2. The number of ether oxygens (including phenoxy) is 2. The Balaban J connectivity index is 2.21. The maximum Gasteiger partial charge on any atom is 0.340 e. The second kappa shape index (κ2) is 7.06. The number of sulfonamides is 1. The lowest BCUT2D eigenvalue weighted by atomic mass is 10.1. The van der Waals surface area contributed by atoms with E-state index in [0.29, 0.717) is 28.6 Å². The Morgan fingerprint density at radius 1 is 1.15 bits per heavy atom. The van der Waals surface area contributed by atoms with Gasteiger partial charge < -0.3 is 13.9 Å². The smallest absolute Gasteiger partial charge is 0.340 e. The van der Waals surface area contributed by atoms with Crippen LogP contribution >= 0.6 is 0 Å². The number of aromatic nitrogens is 1. The molecule has 26 heavy (non-hydrogen) atoms. The molecule has 0 aliphatic heterocycles. The van der Waals surface area contributed by atoms with Gasteiger partial charge in [0.15, 0.2) is 0 Å². The van der Waals surface area contributed by atoms with E-state index in [-0.39, 0.29) is 11.4 Å². The van der Waals surface area contributed by atoms with Crippen molar-refractivity contribution in [2.24, 2.45) is 0 Å². The van der Waals surface area contributed by atoms with Crippen LogP contribution in [-0.2, 0) is 19.5 Å². The maximum absolute atomic E-state index is 12.8. The molecule has 2 heterocycles. The normalized spacial score (nSPS) is 12.2. The van der Waals surface area contributed by atoms with Gasteiger partial charge in [0, 0.05) is 32.3 Å². The first-order valence-electron chi connectivity index (χ1n) is 7.98. The summed E-state index contributed by atoms with van der Waals surface area (Å²) in [7, 11) is 0.690. The second-order valence-electron chi connectivity index (χ2n) is 5.82. The molecule has 0 atom stereocenters. The molecule has 0 aliphatic rings. The first kappa shape index (κ1) is 18.4. The lowest BCUT2D eigenvalue weighted by molar-refractivity contribution is 0.0605. The lowest BCUT2D eigenvalue weighted by Gasteiger charge is -2.16. The fraction of sp³-hybridized carbons (Fsp3) is 0.278. The summed E-state index contributed by atoms with van der Waals surface area (Å²) in [6, 6.07) is 10.2. The van der Waals surface area contributed by atoms with Crippen molar-refractivity contribution in [1.82, 2.24) is 8.71 Å². The van der Waals surface area contributed by atoms with Crippen LogP contribution in [0.5, 0.6) is 0 Å². The Labute approximate surface area is 151 Å². The third kappa shape index (κ3) is 2.96. The quantitative estimate of drug-likeness (QED) is 0.616. The van der Waals surface area contributed by atoms with Crippen LogP contribution in [0.1, 0.15) is 10.4 Å². The summed E-state index contributed by atoms with van der Waals surface area (Å²) in [5.41, 5.74) is 1.71. The second-order valence-corrected chi connectivity index (χ2v) is 7.87. The van der Waals surface area contributed by atoms with Crippen LogP contribution in [-0.4, -0.2) is 57.5 Å². The van der Waals surface area contributed by atoms with Crippen molar-refractivity contribution in [2.45, 2.75) is 4.90 Å². The number of hydrogen-bond acceptors (Lipinski definition) is 5. The Morgan fingerprint density at radius 3 is 2.62 bits per heavy atom. The zero-order valence-electron chi connectivity index (χ0n) is 14.8. The molecule has 3 aromatic rings. The molecule has 0 spiro atoms. The number of rotatable bonds is 6. The highest BCUT2D eigenvalue weighted by atomic mass is 32.2. The number of hydrogen-bond donors (Lipinski definition) is 0. The van der Waals surface area contributed by atoms with Gasteiger partial charge in [-0.1, -0.05) is 12.1 Å². The Bertz CT molecular complexity index is 1070. The summed E-state index contributed by atoms with van der Waals surface area (Å²) in [6.45, 7) is 0.553. The van der Waals surface area contributed by atoms with E-state index in [1.165, 1.54) is 31.6 Å². The molecule has 7 nitrogen and oxygen atoms in total. The van der Waals surface area contributed by atoms with E-state index in [2.05, 4.69) is 0 Å². The zero-order valence-corrected chi connectivity index (χ0v) is 15.6. The molecule has 2 aromatic heterocycles. The van der Waals surface area contributed by atoms with Crippen molar-refractivity contribution < 1.29 is 22.7 Å². The minimum atomic E-state index is -3.66. The van der Waals surface area contributed by atoms with Gasteiger partial charge in [-0.15, -0.1) is 0 Å². The topological polar surface area (TPSA) is 77.3 Å². The summed E-state index contributed by atoms with van der Waals surface area (Å²) in [5.74, 6) is -0.462. The van der Waals surface area contributed by atoms with Crippen molar-refractivity contribution >= 4 is 32.4 Å². The Hall–Kier alpha value is -2.42. The third-order valence-corrected chi connectivity index (χ3v) is 6.17. The van der Waals surface area contributed by atoms with Crippen LogP contribution in [0.4, 0.5) is 0 Å². The van der Waals surface area contributed by atoms with E-state index in [1.807, 2.05) is 12.1 Å². The molecule has 0 fully saturated rings. The van der Waals surface area contributed by atoms with E-state index in [0.717, 1.165) is 0 Å². The van der Waals surface area contributed by atoms with Crippen LogP contribution in [0, 0.1) is 0 Å². The Kier molecular flexibility index (Phi) is 4.99. The van der Waals surface area contributed by atoms with Gasteiger partial charge in [-0.05, 0) is 24.3 Å². The number of fused-ring (bicyclic) bond motifs is 3. The first-order chi connectivity index (χ1) is 12.4. The van der Waals surface area contributed by atoms with E-state index in [9.17, 15) is 13.2 Å². The molecular formula is C18H20N2O5S. The number of pyridine rings is 1. The fourth-order valence-electron chi connectivity index (χ4n) is 2.91. The van der Waals surface area contributed by atoms with Gasteiger partial charge >= 0.3 is 5.97 Å². The molecule has 0 saturated carbocycles. The van der Waals surface area contributed by atoms with Crippen LogP contribution in [0.15, 0.2) is 47.5 Å². The van der Waals surface area contributed by atoms with Gasteiger partial charge in [-0.2, -0.15) is 4.31 Å². The minimum Gasteiger partial charge on any atom is -0.465 e. The number of carbonyl (C=O) groups is 1. The summed E-state index contributed by atoms with van der Waals surface area (Å²) < 4.78 is 38.5. The number of benzene rings is 1. The number of nitrogens with zero attached hydrogens (tertiary/aromatic N) is 2. The maximum atomic E-state index is 12.8. The monoisotopic (exact) mass is 376 g/mol. The van der Waals surface area contributed by atoms with E-state index in [4.69, 9.17) is 9.47 Å². The summed E-state index contributed by atoms with van der Waals surface area (Å²) >= 11 is 0. The van der Waals surface area contributed by atoms with Gasteiger partial charge in [0.25, 0.3) is 0 Å². The van der Waals surface area contributed by atoms with Crippen molar-refractivity contribution in [1.29, 1.82) is 0 Å². The highest BCUT2D eigenvalue weighted by molar-refractivity contribution is 7.89. The average molecular weight is 376 g/mol. The molecule has 3 rings (SSSR count). The number of likely N-dealkylation sites (N-methyl/N-ethyl adjacent to an activating group) is 1. The molecule has 0 saturated heterocycles. The molecule has 138 valence electrons. The molecule has 0 aliphatic carbocycles. The molecule has 0 bridgehead atoms. The van der Waals surface area contributed by atoms with E-state index < -0.39 is 16.0 Å². The number of esters is 1. The fourth-order valence-corrected chi connectivity index (χ4v) is 4.09. The van der Waals surface area contributed by atoms with Gasteiger partial charge in [0.05, 0.1) is 35.2 Å². The summed E-state index contributed by atoms with van der Waals surface area (Å²) in [5, 5.41) is 0.640. The molecule has 0 N–H and O–H groups in total. The Morgan fingerprint density at radius 2 is 1.92 bits per heavy atom. The van der Waals surface area contributed by atoms with Gasteiger partial charge in [0.1, 0.15) is 0 Å². The van der Waals surface area contributed by atoms with E-state index in [1.54, 1.807) is 28.8 Å². The lowest BCUT2D eigenvalue weighted by Crippen LogP contribution is -2.30. The minimum absolute atomic E-state index is 0.156. The average Bonchev–Trinajstić information content (AvgIpc) is 2.99. The molecule has 0 unspecified atom stereocenters. The van der Waals surface area contributed by atoms with Crippen molar-refractivity contribution in [3.63, 3.8) is 0 Å². The SMILES string of the molecule is COCCN(C)S(=O)(=O)c1ccc2c(C(=O)OC)c3ccccn3c2c1. The standard InChI is InChI=1S/C18H20N2O5S/c1-19(10-11-24-2)26(22,23)13-7-8-14-16(12-13)20-9-5-4-6-15(20)17(14)18(21)25-3/h4-9,12H,10-11H2,1-3H3. The molecule has 8 heteroatoms. The summed E-state index contributed by atoms with van der Waals surface area (Å²) in [4.78, 5) is 12.4. The van der Waals surface area contributed by atoms with Crippen molar-refractivity contribution in [2.75, 3.05) is 34.4 Å². The highest BCUT2D eigenvalue weighted by Gasteiger charge is 2.24. The predicted octanol–water partition coefficient (Wildman–Crippen LogP) is 2.15. The predicted molar refractivity (Wildman–Crippen MR) is 97.9 cm³/mol. The van der Waals surface area contributed by atoms with Gasteiger partial charge in [-0.25, -0.2) is 13.2 Å². The van der Waals surface area contributed by atoms with Crippen molar-refractivity contribution in [3.8, 4) is 0 Å². The molecule has 0 amide bonds. The highest BCUT2D eigenvalue weighted by Crippen LogP contribution is 2.30. The van der Waals surface area contributed by atoms with Crippen LogP contribution in [0.25, 0.3) is 16.4 Å². The third-order valence-electron chi connectivity index (χ3n) is 4.32. The molecular weight excluding hydrogens is 356 g/mol.